The van der Waals surface area contributed by atoms with E-state index in [0.717, 1.165) is 30.0 Å². The van der Waals surface area contributed by atoms with E-state index in [4.69, 9.17) is 9.47 Å². The summed E-state index contributed by atoms with van der Waals surface area (Å²) in [4.78, 5) is 16.3. The topological polar surface area (TPSA) is 60.5 Å². The van der Waals surface area contributed by atoms with Gasteiger partial charge in [0.2, 0.25) is 0 Å². The molecule has 1 aromatic heterocycles. The van der Waals surface area contributed by atoms with E-state index in [1.165, 1.54) is 5.56 Å². The number of carbonyl (C=O) groups excluding carboxylic acids is 1. The van der Waals surface area contributed by atoms with Crippen LogP contribution < -0.4 is 14.8 Å². The zero-order chi connectivity index (χ0) is 16.2. The van der Waals surface area contributed by atoms with Gasteiger partial charge in [0.15, 0.2) is 0 Å². The number of benzene rings is 1. The quantitative estimate of drug-likeness (QED) is 0.940. The molecule has 0 fully saturated rings. The summed E-state index contributed by atoms with van der Waals surface area (Å²) in [5, 5.41) is 2.66. The number of methoxy groups -OCH3 is 1. The molecule has 1 aliphatic rings. The van der Waals surface area contributed by atoms with E-state index >= 15 is 0 Å². The maximum atomic E-state index is 11.9. The highest BCUT2D eigenvalue weighted by atomic mass is 16.5. The van der Waals surface area contributed by atoms with Crippen LogP contribution in [0.25, 0.3) is 0 Å². The van der Waals surface area contributed by atoms with Crippen LogP contribution in [0.3, 0.4) is 0 Å². The van der Waals surface area contributed by atoms with Gasteiger partial charge in [-0.1, -0.05) is 6.07 Å². The monoisotopic (exact) mass is 312 g/mol. The molecule has 0 saturated carbocycles. The van der Waals surface area contributed by atoms with Crippen molar-refractivity contribution in [2.75, 3.05) is 20.8 Å². The molecule has 2 aromatic rings. The van der Waals surface area contributed by atoms with Gasteiger partial charge >= 0.3 is 0 Å². The summed E-state index contributed by atoms with van der Waals surface area (Å²) in [7, 11) is 3.28. The van der Waals surface area contributed by atoms with Gasteiger partial charge < -0.3 is 14.8 Å². The SMILES string of the molecule is CNC(=O)c1cccnc1C[C@@H]1COc2cc(OC)ccc2C1. The Morgan fingerprint density at radius 2 is 2.30 bits per heavy atom. The fourth-order valence-corrected chi connectivity index (χ4v) is 2.89. The Balaban J connectivity index is 1.76. The zero-order valence-electron chi connectivity index (χ0n) is 13.3. The first-order valence-corrected chi connectivity index (χ1v) is 7.67. The van der Waals surface area contributed by atoms with Crippen molar-refractivity contribution in [3.05, 3.63) is 53.3 Å². The van der Waals surface area contributed by atoms with E-state index in [9.17, 15) is 4.79 Å². The molecule has 0 aliphatic carbocycles. The fourth-order valence-electron chi connectivity index (χ4n) is 2.89. The lowest BCUT2D eigenvalue weighted by molar-refractivity contribution is 0.0961. The zero-order valence-corrected chi connectivity index (χ0v) is 13.3. The van der Waals surface area contributed by atoms with Crippen molar-refractivity contribution >= 4 is 5.91 Å². The number of rotatable bonds is 4. The van der Waals surface area contributed by atoms with Crippen LogP contribution in [0.5, 0.6) is 11.5 Å². The average Bonchev–Trinajstić information content (AvgIpc) is 2.61. The van der Waals surface area contributed by atoms with Gasteiger partial charge in [0.1, 0.15) is 11.5 Å². The molecule has 0 bridgehead atoms. The number of nitrogens with one attached hydrogen (secondary N) is 1. The highest BCUT2D eigenvalue weighted by Gasteiger charge is 2.23. The predicted molar refractivity (Wildman–Crippen MR) is 87.0 cm³/mol. The summed E-state index contributed by atoms with van der Waals surface area (Å²) in [5.74, 6) is 1.88. The van der Waals surface area contributed by atoms with Gasteiger partial charge in [-0.05, 0) is 36.6 Å². The predicted octanol–water partition coefficient (Wildman–Crippen LogP) is 2.24. The van der Waals surface area contributed by atoms with Gasteiger partial charge in [-0.2, -0.15) is 0 Å². The van der Waals surface area contributed by atoms with Crippen molar-refractivity contribution in [2.24, 2.45) is 5.92 Å². The Kier molecular flexibility index (Phi) is 4.46. The van der Waals surface area contributed by atoms with Crippen molar-refractivity contribution in [1.82, 2.24) is 10.3 Å². The van der Waals surface area contributed by atoms with Crippen molar-refractivity contribution in [3.8, 4) is 11.5 Å². The molecule has 0 spiro atoms. The van der Waals surface area contributed by atoms with Crippen LogP contribution in [0.15, 0.2) is 36.5 Å². The molecule has 0 radical (unpaired) electrons. The van der Waals surface area contributed by atoms with Crippen LogP contribution in [0, 0.1) is 5.92 Å². The van der Waals surface area contributed by atoms with Crippen LogP contribution in [0.2, 0.25) is 0 Å². The number of nitrogens with zero attached hydrogens (tertiary/aromatic N) is 1. The maximum absolute atomic E-state index is 11.9. The first-order chi connectivity index (χ1) is 11.2. The molecule has 1 amide bonds. The lowest BCUT2D eigenvalue weighted by Gasteiger charge is -2.26. The third-order valence-electron chi connectivity index (χ3n) is 4.10. The summed E-state index contributed by atoms with van der Waals surface area (Å²) in [5.41, 5.74) is 2.62. The lowest BCUT2D eigenvalue weighted by Crippen LogP contribution is -2.26. The lowest BCUT2D eigenvalue weighted by atomic mass is 9.91. The van der Waals surface area contributed by atoms with Gasteiger partial charge in [0.05, 0.1) is 25.0 Å². The number of amides is 1. The average molecular weight is 312 g/mol. The number of fused-ring (bicyclic) bond motifs is 1. The molecule has 1 aliphatic heterocycles. The summed E-state index contributed by atoms with van der Waals surface area (Å²) < 4.78 is 11.1. The maximum Gasteiger partial charge on any atom is 0.252 e. The molecule has 1 atom stereocenters. The highest BCUT2D eigenvalue weighted by molar-refractivity contribution is 5.95. The molecular weight excluding hydrogens is 292 g/mol. The van der Waals surface area contributed by atoms with Crippen LogP contribution >= 0.6 is 0 Å². The van der Waals surface area contributed by atoms with E-state index in [2.05, 4.69) is 10.3 Å². The van der Waals surface area contributed by atoms with Gasteiger partial charge in [0, 0.05) is 25.2 Å². The number of hydrogen-bond acceptors (Lipinski definition) is 4. The molecule has 5 nitrogen and oxygen atoms in total. The number of ether oxygens (including phenoxy) is 2. The molecule has 23 heavy (non-hydrogen) atoms. The first-order valence-electron chi connectivity index (χ1n) is 7.67. The van der Waals surface area contributed by atoms with Crippen molar-refractivity contribution < 1.29 is 14.3 Å². The van der Waals surface area contributed by atoms with Crippen LogP contribution in [0.4, 0.5) is 0 Å². The smallest absolute Gasteiger partial charge is 0.252 e. The number of hydrogen-bond donors (Lipinski definition) is 1. The third-order valence-corrected chi connectivity index (χ3v) is 4.10. The summed E-state index contributed by atoms with van der Waals surface area (Å²) in [6.45, 7) is 0.615. The van der Waals surface area contributed by atoms with Crippen molar-refractivity contribution in [3.63, 3.8) is 0 Å². The van der Waals surface area contributed by atoms with Gasteiger partial charge in [0.25, 0.3) is 5.91 Å². The second kappa shape index (κ2) is 6.69. The normalized spacial score (nSPS) is 16.2. The molecule has 1 aromatic carbocycles. The molecule has 2 heterocycles. The van der Waals surface area contributed by atoms with Crippen molar-refractivity contribution in [1.29, 1.82) is 0 Å². The molecule has 1 N–H and O–H groups in total. The Morgan fingerprint density at radius 3 is 3.09 bits per heavy atom. The third kappa shape index (κ3) is 3.28. The van der Waals surface area contributed by atoms with E-state index in [-0.39, 0.29) is 5.91 Å². The molecule has 0 unspecified atom stereocenters. The molecule has 5 heteroatoms. The van der Waals surface area contributed by atoms with Crippen LogP contribution in [-0.2, 0) is 12.8 Å². The van der Waals surface area contributed by atoms with Gasteiger partial charge in [-0.15, -0.1) is 0 Å². The Bertz CT molecular complexity index is 715. The molecule has 120 valence electrons. The Hall–Kier alpha value is -2.56. The first kappa shape index (κ1) is 15.3. The molecular formula is C18H20N2O3. The molecule has 3 rings (SSSR count). The summed E-state index contributed by atoms with van der Waals surface area (Å²) in [6.07, 6.45) is 3.35. The van der Waals surface area contributed by atoms with E-state index in [1.807, 2.05) is 24.3 Å². The number of pyridine rings is 1. The summed E-state index contributed by atoms with van der Waals surface area (Å²) >= 11 is 0. The second-order valence-electron chi connectivity index (χ2n) is 5.64. The number of aromatic nitrogens is 1. The minimum absolute atomic E-state index is 0.102. The second-order valence-corrected chi connectivity index (χ2v) is 5.64. The highest BCUT2D eigenvalue weighted by Crippen LogP contribution is 2.32. The van der Waals surface area contributed by atoms with Gasteiger partial charge in [-0.3, -0.25) is 9.78 Å². The minimum Gasteiger partial charge on any atom is -0.497 e. The fraction of sp³-hybridized carbons (Fsp3) is 0.333. The Labute approximate surface area is 135 Å². The summed E-state index contributed by atoms with van der Waals surface area (Å²) in [6, 6.07) is 9.50. The minimum atomic E-state index is -0.102. The van der Waals surface area contributed by atoms with E-state index in [0.29, 0.717) is 18.1 Å². The number of carbonyl (C=O) groups is 1. The van der Waals surface area contributed by atoms with E-state index < -0.39 is 0 Å². The van der Waals surface area contributed by atoms with Crippen molar-refractivity contribution in [2.45, 2.75) is 12.8 Å². The Morgan fingerprint density at radius 1 is 1.43 bits per heavy atom. The standard InChI is InChI=1S/C18H20N2O3/c1-19-18(21)15-4-3-7-20-16(15)9-12-8-13-5-6-14(22-2)10-17(13)23-11-12/h3-7,10,12H,8-9,11H2,1-2H3,(H,19,21)/t12-/m1/s1. The van der Waals surface area contributed by atoms with Gasteiger partial charge in [-0.25, -0.2) is 0 Å². The van der Waals surface area contributed by atoms with Crippen LogP contribution in [0.1, 0.15) is 21.6 Å². The molecule has 0 saturated heterocycles. The van der Waals surface area contributed by atoms with Crippen LogP contribution in [-0.4, -0.2) is 31.7 Å². The largest absolute Gasteiger partial charge is 0.497 e. The van der Waals surface area contributed by atoms with E-state index in [1.54, 1.807) is 26.4 Å².